The zero-order chi connectivity index (χ0) is 44.7. The second kappa shape index (κ2) is 37.5. The molecule has 1 amide bonds. The minimum absolute atomic E-state index is 0.0668. The van der Waals surface area contributed by atoms with Crippen LogP contribution in [0, 0.1) is 0 Å². The van der Waals surface area contributed by atoms with Gasteiger partial charge in [0.2, 0.25) is 5.91 Å². The van der Waals surface area contributed by atoms with Crippen molar-refractivity contribution in [3.8, 4) is 0 Å². The van der Waals surface area contributed by atoms with Gasteiger partial charge in [-0.1, -0.05) is 81.4 Å². The molecule has 0 aliphatic carbocycles. The van der Waals surface area contributed by atoms with Crippen LogP contribution in [-0.4, -0.2) is 197 Å². The maximum absolute atomic E-state index is 11.4. The van der Waals surface area contributed by atoms with Gasteiger partial charge in [-0.3, -0.25) is 4.79 Å². The van der Waals surface area contributed by atoms with Crippen LogP contribution in [0.4, 0.5) is 0 Å². The monoisotopic (exact) mass is 899 g/mol. The van der Waals surface area contributed by atoms with Gasteiger partial charge in [-0.05, 0) is 15.4 Å². The van der Waals surface area contributed by atoms with E-state index in [2.05, 4.69) is 79.4 Å². The Morgan fingerprint density at radius 2 is 0.726 bits per heavy atom. The Hall–Kier alpha value is -2.92. The van der Waals surface area contributed by atoms with Crippen molar-refractivity contribution in [2.24, 2.45) is 0 Å². The minimum Gasteiger partial charge on any atom is -0.480 e. The molecule has 2 N–H and O–H groups in total. The number of carboxylic acid groups (broad SMARTS) is 1. The smallest absolute Gasteiger partial charge is 0.329 e. The number of hydrogen-bond acceptors (Lipinski definition) is 15. The van der Waals surface area contributed by atoms with Crippen molar-refractivity contribution in [3.63, 3.8) is 0 Å². The lowest BCUT2D eigenvalue weighted by Crippen LogP contribution is -2.66. The molecule has 0 saturated heterocycles. The van der Waals surface area contributed by atoms with Gasteiger partial charge in [0, 0.05) is 6.54 Å². The molecule has 2 aromatic carbocycles. The molecule has 0 atom stereocenters. The van der Waals surface area contributed by atoms with Gasteiger partial charge in [-0.15, -0.1) is 0 Å². The third-order valence-corrected chi connectivity index (χ3v) is 13.8. The number of amides is 1. The Labute approximate surface area is 369 Å². The van der Waals surface area contributed by atoms with Crippen molar-refractivity contribution in [1.29, 1.82) is 0 Å². The quantitative estimate of drug-likeness (QED) is 0.0727. The number of carbonyl (C=O) groups excluding carboxylic acids is 1. The van der Waals surface area contributed by atoms with E-state index in [-0.39, 0.29) is 11.6 Å². The van der Waals surface area contributed by atoms with Gasteiger partial charge in [0.05, 0.1) is 152 Å². The summed E-state index contributed by atoms with van der Waals surface area (Å²) in [6.07, 6.45) is 0. The molecule has 0 radical (unpaired) electrons. The van der Waals surface area contributed by atoms with E-state index < -0.39 is 26.8 Å². The minimum atomic E-state index is -2.55. The van der Waals surface area contributed by atoms with Crippen LogP contribution in [-0.2, 0) is 70.9 Å². The molecule has 62 heavy (non-hydrogen) atoms. The van der Waals surface area contributed by atoms with Gasteiger partial charge in [-0.25, -0.2) is 4.79 Å². The summed E-state index contributed by atoms with van der Waals surface area (Å²) in [5.74, 6) is -1.52. The van der Waals surface area contributed by atoms with Gasteiger partial charge < -0.3 is 71.7 Å². The highest BCUT2D eigenvalue weighted by atomic mass is 28.4. The average molecular weight is 900 g/mol. The van der Waals surface area contributed by atoms with Crippen LogP contribution in [0.15, 0.2) is 60.7 Å². The SMILES string of the molecule is CC(C)(C)[Si](OCCOCCOCCOCCOCCOCCOCCOCCOCCOCCOCCOCCNC(=O)COCC(=O)O)(c1ccccc1)c1ccccc1. The van der Waals surface area contributed by atoms with Crippen LogP contribution >= 0.6 is 0 Å². The summed E-state index contributed by atoms with van der Waals surface area (Å²) in [5, 5.41) is 13.5. The number of ether oxygens (including phenoxy) is 12. The Kier molecular flexibility index (Phi) is 33.3. The zero-order valence-corrected chi connectivity index (χ0v) is 38.2. The third-order valence-electron chi connectivity index (χ3n) is 8.71. The number of hydrogen-bond donors (Lipinski definition) is 2. The summed E-state index contributed by atoms with van der Waals surface area (Å²) < 4.78 is 72.4. The lowest BCUT2D eigenvalue weighted by Gasteiger charge is -2.43. The number of benzene rings is 2. The summed E-state index contributed by atoms with van der Waals surface area (Å²) in [5.41, 5.74) is 0. The van der Waals surface area contributed by atoms with E-state index in [1.54, 1.807) is 0 Å². The van der Waals surface area contributed by atoms with E-state index in [1.165, 1.54) is 10.4 Å². The molecule has 0 unspecified atom stereocenters. The second-order valence-corrected chi connectivity index (χ2v) is 18.8. The van der Waals surface area contributed by atoms with Crippen molar-refractivity contribution >= 4 is 30.6 Å². The van der Waals surface area contributed by atoms with Crippen molar-refractivity contribution in [3.05, 3.63) is 60.7 Å². The molecule has 17 nitrogen and oxygen atoms in total. The first-order valence-corrected chi connectivity index (χ1v) is 23.3. The molecular weight excluding hydrogens is 827 g/mol. The summed E-state index contributed by atoms with van der Waals surface area (Å²) in [6, 6.07) is 21.2. The predicted octanol–water partition coefficient (Wildman–Crippen LogP) is 1.96. The maximum Gasteiger partial charge on any atom is 0.329 e. The number of aliphatic carboxylic acids is 1. The molecule has 0 bridgehead atoms. The van der Waals surface area contributed by atoms with Gasteiger partial charge in [0.15, 0.2) is 0 Å². The van der Waals surface area contributed by atoms with Gasteiger partial charge in [0.25, 0.3) is 8.32 Å². The van der Waals surface area contributed by atoms with Crippen LogP contribution in [0.5, 0.6) is 0 Å². The highest BCUT2D eigenvalue weighted by Gasteiger charge is 2.50. The molecule has 2 rings (SSSR count). The number of carboxylic acids is 1. The molecule has 2 aromatic rings. The van der Waals surface area contributed by atoms with Crippen LogP contribution in [0.1, 0.15) is 20.8 Å². The average Bonchev–Trinajstić information content (AvgIpc) is 3.26. The Morgan fingerprint density at radius 3 is 1.02 bits per heavy atom. The van der Waals surface area contributed by atoms with Crippen molar-refractivity contribution in [1.82, 2.24) is 5.32 Å². The lowest BCUT2D eigenvalue weighted by atomic mass is 10.2. The van der Waals surface area contributed by atoms with Crippen LogP contribution in [0.2, 0.25) is 5.04 Å². The standard InChI is InChI=1S/C44H73NO16Si/c1-44(2,3)62(40-10-6-4-7-11-40,41-12-8-5-9-13-41)61-37-36-59-35-34-58-33-32-57-31-30-56-29-28-55-27-26-54-25-24-53-23-22-52-21-20-51-19-18-50-17-16-49-15-14-45-42(46)38-60-39-43(47)48/h4-13H,14-39H2,1-3H3,(H,45,46)(H,47,48). The van der Waals surface area contributed by atoms with E-state index in [4.69, 9.17) is 61.6 Å². The molecule has 0 aliphatic heterocycles. The fraction of sp³-hybridized carbons (Fsp3) is 0.682. The van der Waals surface area contributed by atoms with Crippen molar-refractivity contribution in [2.45, 2.75) is 25.8 Å². The topological polar surface area (TPSA) is 186 Å². The lowest BCUT2D eigenvalue weighted by molar-refractivity contribution is -0.143. The van der Waals surface area contributed by atoms with Crippen LogP contribution in [0.3, 0.4) is 0 Å². The first-order chi connectivity index (χ1) is 30.3. The van der Waals surface area contributed by atoms with Gasteiger partial charge in [-0.2, -0.15) is 0 Å². The molecular formula is C44H73NO16Si. The van der Waals surface area contributed by atoms with Crippen molar-refractivity contribution < 1.29 is 76.0 Å². The van der Waals surface area contributed by atoms with E-state index in [0.29, 0.717) is 159 Å². The normalized spacial score (nSPS) is 11.9. The van der Waals surface area contributed by atoms with Crippen LogP contribution in [0.25, 0.3) is 0 Å². The molecule has 0 saturated carbocycles. The van der Waals surface area contributed by atoms with E-state index >= 15 is 0 Å². The maximum atomic E-state index is 11.4. The molecule has 0 spiro atoms. The number of carbonyl (C=O) groups is 2. The number of nitrogens with one attached hydrogen (secondary N) is 1. The summed E-state index contributed by atoms with van der Waals surface area (Å²) in [6.45, 7) is 16.9. The highest BCUT2D eigenvalue weighted by Crippen LogP contribution is 2.36. The third kappa shape index (κ3) is 27.3. The van der Waals surface area contributed by atoms with E-state index in [0.717, 1.165) is 0 Å². The van der Waals surface area contributed by atoms with Gasteiger partial charge >= 0.3 is 5.97 Å². The molecule has 18 heteroatoms. The first-order valence-electron chi connectivity index (χ1n) is 21.4. The summed E-state index contributed by atoms with van der Waals surface area (Å²) >= 11 is 0. The Bertz CT molecular complexity index is 1300. The predicted molar refractivity (Wildman–Crippen MR) is 234 cm³/mol. The van der Waals surface area contributed by atoms with Gasteiger partial charge in [0.1, 0.15) is 13.2 Å². The molecule has 0 aliphatic rings. The molecule has 354 valence electrons. The van der Waals surface area contributed by atoms with Crippen molar-refractivity contribution in [2.75, 3.05) is 172 Å². The molecule has 0 heterocycles. The summed E-state index contributed by atoms with van der Waals surface area (Å²) in [7, 11) is -2.55. The summed E-state index contributed by atoms with van der Waals surface area (Å²) in [4.78, 5) is 21.7. The van der Waals surface area contributed by atoms with Crippen LogP contribution < -0.4 is 15.7 Å². The Balaban J connectivity index is 1.25. The van der Waals surface area contributed by atoms with E-state index in [9.17, 15) is 9.59 Å². The molecule has 0 aromatic heterocycles. The van der Waals surface area contributed by atoms with E-state index in [1.807, 2.05) is 12.1 Å². The fourth-order valence-corrected chi connectivity index (χ4v) is 10.4. The fourth-order valence-electron chi connectivity index (χ4n) is 5.86. The first kappa shape index (κ1) is 55.2. The second-order valence-electron chi connectivity index (χ2n) is 14.5. The highest BCUT2D eigenvalue weighted by molar-refractivity contribution is 6.99. The Morgan fingerprint density at radius 1 is 0.435 bits per heavy atom. The largest absolute Gasteiger partial charge is 0.480 e. The zero-order valence-electron chi connectivity index (χ0n) is 37.2. The molecule has 0 fully saturated rings. The number of rotatable bonds is 43.